The van der Waals surface area contributed by atoms with Gasteiger partial charge >= 0.3 is 0 Å². The summed E-state index contributed by atoms with van der Waals surface area (Å²) in [6.45, 7) is 18.7. The van der Waals surface area contributed by atoms with Crippen LogP contribution in [0, 0.1) is 34.5 Å². The molecule has 3 aliphatic rings. The second kappa shape index (κ2) is 9.35. The zero-order chi connectivity index (χ0) is 22.1. The summed E-state index contributed by atoms with van der Waals surface area (Å²) in [5, 5.41) is 10.3. The summed E-state index contributed by atoms with van der Waals surface area (Å²) >= 11 is 0. The molecule has 0 amide bonds. The minimum Gasteiger partial charge on any atom is -0.388 e. The summed E-state index contributed by atoms with van der Waals surface area (Å²) in [7, 11) is 0. The number of hydrogen-bond acceptors (Lipinski definition) is 1. The molecule has 3 saturated carbocycles. The highest BCUT2D eigenvalue weighted by Crippen LogP contribution is 2.60. The fourth-order valence-electron chi connectivity index (χ4n) is 7.08. The van der Waals surface area contributed by atoms with E-state index in [0.717, 1.165) is 36.2 Å². The first-order valence-electron chi connectivity index (χ1n) is 12.8. The van der Waals surface area contributed by atoms with Crippen molar-refractivity contribution in [2.75, 3.05) is 0 Å². The lowest BCUT2D eigenvalue weighted by Crippen LogP contribution is -2.36. The van der Waals surface area contributed by atoms with E-state index in [4.69, 9.17) is 0 Å². The lowest BCUT2D eigenvalue weighted by Gasteiger charge is -2.44. The van der Waals surface area contributed by atoms with Gasteiger partial charge in [0.25, 0.3) is 0 Å². The molecule has 1 nitrogen and oxygen atoms in total. The van der Waals surface area contributed by atoms with Crippen molar-refractivity contribution in [3.8, 4) is 0 Å². The van der Waals surface area contributed by atoms with Gasteiger partial charge in [-0.25, -0.2) is 0 Å². The van der Waals surface area contributed by atoms with Crippen LogP contribution in [0.3, 0.4) is 0 Å². The summed E-state index contributed by atoms with van der Waals surface area (Å²) in [5.74, 6) is 3.04. The second-order valence-corrected chi connectivity index (χ2v) is 12.5. The quantitative estimate of drug-likeness (QED) is 0.482. The van der Waals surface area contributed by atoms with Gasteiger partial charge in [0.05, 0.1) is 6.10 Å². The number of aliphatic hydroxyl groups excluding tert-OH is 1. The Morgan fingerprint density at radius 2 is 1.97 bits per heavy atom. The van der Waals surface area contributed by atoms with Gasteiger partial charge in [-0.15, -0.1) is 0 Å². The predicted octanol–water partition coefficient (Wildman–Crippen LogP) is 8.26. The molecule has 0 aromatic carbocycles. The molecule has 30 heavy (non-hydrogen) atoms. The molecular weight excluding hydrogens is 364 g/mol. The van der Waals surface area contributed by atoms with Gasteiger partial charge in [0.15, 0.2) is 0 Å². The molecular formula is C29H48O. The van der Waals surface area contributed by atoms with Crippen molar-refractivity contribution >= 4 is 0 Å². The summed E-state index contributed by atoms with van der Waals surface area (Å²) in [6, 6.07) is 0. The molecule has 3 aliphatic carbocycles. The molecule has 0 bridgehead atoms. The molecule has 0 aromatic rings. The Hall–Kier alpha value is -0.820. The Bertz CT molecular complexity index is 675. The zero-order valence-electron chi connectivity index (χ0n) is 20.8. The fraction of sp³-hybridized carbons (Fsp3) is 0.793. The van der Waals surface area contributed by atoms with Crippen LogP contribution in [-0.2, 0) is 0 Å². The maximum absolute atomic E-state index is 10.3. The molecule has 0 aromatic heterocycles. The molecule has 170 valence electrons. The highest BCUT2D eigenvalue weighted by molar-refractivity contribution is 5.38. The highest BCUT2D eigenvalue weighted by atomic mass is 16.3. The average molecular weight is 413 g/mol. The van der Waals surface area contributed by atoms with Crippen molar-refractivity contribution in [3.05, 3.63) is 35.5 Å². The lowest BCUT2D eigenvalue weighted by molar-refractivity contribution is 0.0920. The first kappa shape index (κ1) is 23.8. The van der Waals surface area contributed by atoms with Crippen molar-refractivity contribution in [3.63, 3.8) is 0 Å². The summed E-state index contributed by atoms with van der Waals surface area (Å²) < 4.78 is 0. The largest absolute Gasteiger partial charge is 0.388 e. The van der Waals surface area contributed by atoms with E-state index in [-0.39, 0.29) is 6.10 Å². The first-order chi connectivity index (χ1) is 14.0. The lowest BCUT2D eigenvalue weighted by atomic mass is 9.60. The monoisotopic (exact) mass is 412 g/mol. The average Bonchev–Trinajstić information content (AvgIpc) is 3.00. The van der Waals surface area contributed by atoms with E-state index in [1.54, 1.807) is 5.57 Å². The molecule has 0 spiro atoms. The Balaban J connectivity index is 1.70. The third-order valence-electron chi connectivity index (χ3n) is 8.82. The maximum atomic E-state index is 10.3. The Morgan fingerprint density at radius 1 is 1.23 bits per heavy atom. The van der Waals surface area contributed by atoms with Crippen LogP contribution in [0.5, 0.6) is 0 Å². The number of aliphatic hydroxyl groups is 1. The van der Waals surface area contributed by atoms with Crippen LogP contribution in [-0.4, -0.2) is 11.2 Å². The molecule has 0 radical (unpaired) electrons. The minimum absolute atomic E-state index is 0.347. The van der Waals surface area contributed by atoms with Gasteiger partial charge in [-0.3, -0.25) is 0 Å². The first-order valence-corrected chi connectivity index (χ1v) is 12.8. The molecule has 3 rings (SSSR count). The van der Waals surface area contributed by atoms with Gasteiger partial charge in [-0.1, -0.05) is 78.7 Å². The Morgan fingerprint density at radius 3 is 2.67 bits per heavy atom. The zero-order valence-corrected chi connectivity index (χ0v) is 20.8. The standard InChI is InChI=1S/C29H48O/c1-20-18-24(22(3)27(30)19-20)13-12-23-11-9-17-29(7)25(14-15-26(23)29)21(2)10-8-16-28(4,5)6/h12-13,20-21,25-27,30H,3,8-11,14-19H2,1-2,4-7H3/b23-12+,24-13-/t20-,21-,25?,26?,27+,29-/m1/s1. The third kappa shape index (κ3) is 5.32. The predicted molar refractivity (Wildman–Crippen MR) is 130 cm³/mol. The molecule has 2 unspecified atom stereocenters. The van der Waals surface area contributed by atoms with Crippen molar-refractivity contribution in [2.45, 2.75) is 112 Å². The van der Waals surface area contributed by atoms with Crippen LogP contribution in [0.2, 0.25) is 0 Å². The molecule has 1 heteroatoms. The van der Waals surface area contributed by atoms with E-state index in [9.17, 15) is 5.11 Å². The van der Waals surface area contributed by atoms with E-state index < -0.39 is 0 Å². The van der Waals surface area contributed by atoms with Crippen molar-refractivity contribution < 1.29 is 5.11 Å². The van der Waals surface area contributed by atoms with E-state index in [1.165, 1.54) is 56.9 Å². The van der Waals surface area contributed by atoms with E-state index in [0.29, 0.717) is 16.7 Å². The minimum atomic E-state index is -0.347. The van der Waals surface area contributed by atoms with Crippen molar-refractivity contribution in [2.24, 2.45) is 34.5 Å². The number of fused-ring (bicyclic) bond motifs is 1. The van der Waals surface area contributed by atoms with Gasteiger partial charge in [0, 0.05) is 0 Å². The third-order valence-corrected chi connectivity index (χ3v) is 8.82. The highest BCUT2D eigenvalue weighted by Gasteiger charge is 2.50. The van der Waals surface area contributed by atoms with Crippen LogP contribution in [0.4, 0.5) is 0 Å². The fourth-order valence-corrected chi connectivity index (χ4v) is 7.08. The van der Waals surface area contributed by atoms with Crippen molar-refractivity contribution in [1.29, 1.82) is 0 Å². The summed E-state index contributed by atoms with van der Waals surface area (Å²) in [5.41, 5.74) is 4.87. The SMILES string of the molecule is C=C1/C(=C\C=C2/CCC[C@@]3(C)C2CCC3[C@H](C)CCCC(C)(C)C)C[C@@H](C)C[C@@H]1O. The second-order valence-electron chi connectivity index (χ2n) is 12.5. The number of rotatable bonds is 5. The topological polar surface area (TPSA) is 20.2 Å². The van der Waals surface area contributed by atoms with Gasteiger partial charge in [0.2, 0.25) is 0 Å². The molecule has 6 atom stereocenters. The molecule has 3 fully saturated rings. The van der Waals surface area contributed by atoms with Crippen LogP contribution >= 0.6 is 0 Å². The summed E-state index contributed by atoms with van der Waals surface area (Å²) in [6.07, 6.45) is 17.3. The van der Waals surface area contributed by atoms with Gasteiger partial charge in [-0.05, 0) is 97.0 Å². The van der Waals surface area contributed by atoms with Gasteiger partial charge in [0.1, 0.15) is 0 Å². The van der Waals surface area contributed by atoms with E-state index in [2.05, 4.69) is 60.3 Å². The Kier molecular flexibility index (Phi) is 7.43. The van der Waals surface area contributed by atoms with Crippen LogP contribution < -0.4 is 0 Å². The smallest absolute Gasteiger partial charge is 0.0789 e. The number of allylic oxidation sites excluding steroid dienone is 3. The van der Waals surface area contributed by atoms with E-state index >= 15 is 0 Å². The summed E-state index contributed by atoms with van der Waals surface area (Å²) in [4.78, 5) is 0. The van der Waals surface area contributed by atoms with Crippen LogP contribution in [0.1, 0.15) is 106 Å². The molecule has 1 N–H and O–H groups in total. The van der Waals surface area contributed by atoms with Gasteiger partial charge in [-0.2, -0.15) is 0 Å². The van der Waals surface area contributed by atoms with Crippen molar-refractivity contribution in [1.82, 2.24) is 0 Å². The van der Waals surface area contributed by atoms with E-state index in [1.807, 2.05) is 0 Å². The molecule has 0 heterocycles. The number of hydrogen-bond donors (Lipinski definition) is 1. The maximum Gasteiger partial charge on any atom is 0.0789 e. The van der Waals surface area contributed by atoms with Gasteiger partial charge < -0.3 is 5.11 Å². The Labute approximate surface area is 187 Å². The molecule has 0 aliphatic heterocycles. The van der Waals surface area contributed by atoms with Crippen LogP contribution in [0.25, 0.3) is 0 Å². The normalized spacial score (nSPS) is 38.8. The van der Waals surface area contributed by atoms with Crippen LogP contribution in [0.15, 0.2) is 35.5 Å². The molecule has 0 saturated heterocycles.